The van der Waals surface area contributed by atoms with Crippen molar-refractivity contribution < 1.29 is 18.7 Å². The molecule has 7 heteroatoms. The molecule has 3 aromatic carbocycles. The van der Waals surface area contributed by atoms with Gasteiger partial charge in [0.15, 0.2) is 0 Å². The maximum absolute atomic E-state index is 12.8. The van der Waals surface area contributed by atoms with Gasteiger partial charge in [0.1, 0.15) is 23.3 Å². The number of halogens is 2. The SMILES string of the molecule is Cc1cc(Oc2coc3cc(OC(=O)c4ccccc4Cl)ccc3c2=O)cc(C)c1Cl. The van der Waals surface area contributed by atoms with E-state index in [-0.39, 0.29) is 38.5 Å². The molecule has 0 N–H and O–H groups in total. The van der Waals surface area contributed by atoms with E-state index in [4.69, 9.17) is 37.1 Å². The van der Waals surface area contributed by atoms with E-state index in [2.05, 4.69) is 0 Å². The first-order valence-electron chi connectivity index (χ1n) is 9.30. The highest BCUT2D eigenvalue weighted by atomic mass is 35.5. The van der Waals surface area contributed by atoms with Crippen LogP contribution in [0, 0.1) is 13.8 Å². The third-order valence-electron chi connectivity index (χ3n) is 4.66. The Balaban J connectivity index is 1.62. The Bertz CT molecular complexity index is 1350. The van der Waals surface area contributed by atoms with Gasteiger partial charge in [0.05, 0.1) is 16.0 Å². The molecular weight excluding hydrogens is 439 g/mol. The van der Waals surface area contributed by atoms with E-state index < -0.39 is 5.97 Å². The van der Waals surface area contributed by atoms with Gasteiger partial charge in [0, 0.05) is 11.1 Å². The summed E-state index contributed by atoms with van der Waals surface area (Å²) in [4.78, 5) is 25.2. The third-order valence-corrected chi connectivity index (χ3v) is 5.58. The monoisotopic (exact) mass is 454 g/mol. The Morgan fingerprint density at radius 3 is 2.35 bits per heavy atom. The molecule has 0 fully saturated rings. The van der Waals surface area contributed by atoms with Crippen LogP contribution >= 0.6 is 23.2 Å². The number of hydrogen-bond donors (Lipinski definition) is 0. The Hall–Kier alpha value is -3.28. The minimum Gasteiger partial charge on any atom is -0.460 e. The maximum atomic E-state index is 12.8. The lowest BCUT2D eigenvalue weighted by molar-refractivity contribution is 0.0735. The fraction of sp³-hybridized carbons (Fsp3) is 0.0833. The van der Waals surface area contributed by atoms with Crippen molar-refractivity contribution in [2.45, 2.75) is 13.8 Å². The Labute approximate surface area is 187 Å². The summed E-state index contributed by atoms with van der Waals surface area (Å²) in [7, 11) is 0. The molecular formula is C24H16Cl2O5. The summed E-state index contributed by atoms with van der Waals surface area (Å²) < 4.78 is 16.7. The number of esters is 1. The van der Waals surface area contributed by atoms with Gasteiger partial charge in [0.25, 0.3) is 0 Å². The Kier molecular flexibility index (Phi) is 5.72. The lowest BCUT2D eigenvalue weighted by atomic mass is 10.1. The summed E-state index contributed by atoms with van der Waals surface area (Å²) in [6.07, 6.45) is 1.23. The van der Waals surface area contributed by atoms with Crippen LogP contribution in [0.1, 0.15) is 21.5 Å². The standard InChI is InChI=1S/C24H16Cl2O5/c1-13-9-16(10-14(2)22(13)26)30-21-12-29-20-11-15(7-8-18(20)23(21)27)31-24(28)17-5-3-4-6-19(17)25/h3-12H,1-2H3. The lowest BCUT2D eigenvalue weighted by Gasteiger charge is -2.10. The molecule has 0 saturated heterocycles. The van der Waals surface area contributed by atoms with Crippen LogP contribution in [-0.4, -0.2) is 5.97 Å². The molecule has 0 radical (unpaired) electrons. The van der Waals surface area contributed by atoms with Gasteiger partial charge in [0.2, 0.25) is 11.2 Å². The molecule has 0 spiro atoms. The number of benzene rings is 3. The topological polar surface area (TPSA) is 65.7 Å². The fourth-order valence-electron chi connectivity index (χ4n) is 3.11. The highest BCUT2D eigenvalue weighted by molar-refractivity contribution is 6.33. The van der Waals surface area contributed by atoms with E-state index in [1.807, 2.05) is 13.8 Å². The maximum Gasteiger partial charge on any atom is 0.345 e. The van der Waals surface area contributed by atoms with Crippen molar-refractivity contribution in [1.29, 1.82) is 0 Å². The second kappa shape index (κ2) is 8.46. The molecule has 0 atom stereocenters. The zero-order valence-corrected chi connectivity index (χ0v) is 18.1. The largest absolute Gasteiger partial charge is 0.460 e. The minimum absolute atomic E-state index is 0.0365. The Morgan fingerprint density at radius 1 is 0.935 bits per heavy atom. The number of carbonyl (C=O) groups excluding carboxylic acids is 1. The van der Waals surface area contributed by atoms with Crippen LogP contribution in [0.2, 0.25) is 10.0 Å². The van der Waals surface area contributed by atoms with Crippen molar-refractivity contribution in [2.75, 3.05) is 0 Å². The molecule has 0 aliphatic carbocycles. The molecule has 0 saturated carbocycles. The number of rotatable bonds is 4. The van der Waals surface area contributed by atoms with E-state index in [1.165, 1.54) is 24.5 Å². The van der Waals surface area contributed by atoms with Gasteiger partial charge < -0.3 is 13.9 Å². The molecule has 156 valence electrons. The summed E-state index contributed by atoms with van der Waals surface area (Å²) in [5.74, 6) is 0.129. The first kappa shape index (κ1) is 21.0. The van der Waals surface area contributed by atoms with Gasteiger partial charge in [-0.1, -0.05) is 35.3 Å². The quantitative estimate of drug-likeness (QED) is 0.252. The summed E-state index contributed by atoms with van der Waals surface area (Å²) in [6, 6.07) is 14.6. The highest BCUT2D eigenvalue weighted by Crippen LogP contribution is 2.29. The third kappa shape index (κ3) is 4.29. The molecule has 1 aromatic heterocycles. The number of carbonyl (C=O) groups is 1. The number of fused-ring (bicyclic) bond motifs is 1. The second-order valence-electron chi connectivity index (χ2n) is 6.93. The molecule has 0 aliphatic heterocycles. The zero-order valence-electron chi connectivity index (χ0n) is 16.6. The number of aryl methyl sites for hydroxylation is 2. The first-order chi connectivity index (χ1) is 14.8. The van der Waals surface area contributed by atoms with Crippen LogP contribution in [0.4, 0.5) is 0 Å². The molecule has 1 heterocycles. The smallest absolute Gasteiger partial charge is 0.345 e. The van der Waals surface area contributed by atoms with Gasteiger partial charge in [-0.05, 0) is 61.4 Å². The van der Waals surface area contributed by atoms with Crippen LogP contribution in [0.15, 0.2) is 70.1 Å². The van der Waals surface area contributed by atoms with E-state index >= 15 is 0 Å². The van der Waals surface area contributed by atoms with Gasteiger partial charge in [-0.15, -0.1) is 0 Å². The van der Waals surface area contributed by atoms with Gasteiger partial charge in [-0.3, -0.25) is 4.79 Å². The molecule has 0 bridgehead atoms. The summed E-state index contributed by atoms with van der Waals surface area (Å²) in [5, 5.41) is 1.23. The predicted molar refractivity (Wildman–Crippen MR) is 120 cm³/mol. The summed E-state index contributed by atoms with van der Waals surface area (Å²) in [6.45, 7) is 3.72. The minimum atomic E-state index is -0.610. The number of ether oxygens (including phenoxy) is 2. The van der Waals surface area contributed by atoms with Gasteiger partial charge in [-0.25, -0.2) is 4.79 Å². The normalized spacial score (nSPS) is 10.8. The van der Waals surface area contributed by atoms with Crippen molar-refractivity contribution in [3.63, 3.8) is 0 Å². The van der Waals surface area contributed by atoms with E-state index in [0.717, 1.165) is 11.1 Å². The average molecular weight is 455 g/mol. The second-order valence-corrected chi connectivity index (χ2v) is 7.71. The van der Waals surface area contributed by atoms with Crippen molar-refractivity contribution in [3.05, 3.63) is 97.8 Å². The molecule has 0 aliphatic rings. The lowest BCUT2D eigenvalue weighted by Crippen LogP contribution is -2.09. The van der Waals surface area contributed by atoms with Gasteiger partial charge >= 0.3 is 5.97 Å². The zero-order chi connectivity index (χ0) is 22.1. The highest BCUT2D eigenvalue weighted by Gasteiger charge is 2.15. The van der Waals surface area contributed by atoms with Gasteiger partial charge in [-0.2, -0.15) is 0 Å². The van der Waals surface area contributed by atoms with Crippen molar-refractivity contribution in [1.82, 2.24) is 0 Å². The molecule has 0 unspecified atom stereocenters. The van der Waals surface area contributed by atoms with E-state index in [0.29, 0.717) is 10.8 Å². The van der Waals surface area contributed by atoms with Crippen molar-refractivity contribution >= 4 is 40.1 Å². The molecule has 4 rings (SSSR count). The van der Waals surface area contributed by atoms with Crippen molar-refractivity contribution in [2.24, 2.45) is 0 Å². The van der Waals surface area contributed by atoms with Crippen LogP contribution in [-0.2, 0) is 0 Å². The average Bonchev–Trinajstić information content (AvgIpc) is 2.74. The molecule has 0 amide bonds. The predicted octanol–water partition coefficient (Wildman–Crippen LogP) is 6.73. The summed E-state index contributed by atoms with van der Waals surface area (Å²) in [5.41, 5.74) is 1.82. The first-order valence-corrected chi connectivity index (χ1v) is 10.1. The molecule has 4 aromatic rings. The summed E-state index contributed by atoms with van der Waals surface area (Å²) >= 11 is 12.2. The van der Waals surface area contributed by atoms with Crippen LogP contribution < -0.4 is 14.9 Å². The number of hydrogen-bond acceptors (Lipinski definition) is 5. The van der Waals surface area contributed by atoms with Crippen LogP contribution in [0.5, 0.6) is 17.2 Å². The Morgan fingerprint density at radius 2 is 1.65 bits per heavy atom. The molecule has 5 nitrogen and oxygen atoms in total. The fourth-order valence-corrected chi connectivity index (χ4v) is 3.43. The van der Waals surface area contributed by atoms with Crippen molar-refractivity contribution in [3.8, 4) is 17.2 Å². The molecule has 31 heavy (non-hydrogen) atoms. The van der Waals surface area contributed by atoms with E-state index in [1.54, 1.807) is 36.4 Å². The van der Waals surface area contributed by atoms with Crippen LogP contribution in [0.3, 0.4) is 0 Å². The van der Waals surface area contributed by atoms with E-state index in [9.17, 15) is 9.59 Å². The van der Waals surface area contributed by atoms with Crippen LogP contribution in [0.25, 0.3) is 11.0 Å².